The third-order valence-electron chi connectivity index (χ3n) is 12.7. The Hall–Kier alpha value is -6.42. The molecule has 0 aromatic heterocycles. The Labute approximate surface area is 459 Å². The van der Waals surface area contributed by atoms with Gasteiger partial charge in [0.25, 0.3) is 0 Å². The summed E-state index contributed by atoms with van der Waals surface area (Å²) in [5.41, 5.74) is -5.66. The van der Waals surface area contributed by atoms with Crippen LogP contribution in [-0.4, -0.2) is 30.2 Å². The zero-order valence-corrected chi connectivity index (χ0v) is 40.7. The number of fused-ring (bicyclic) bond motifs is 12. The maximum atomic E-state index is 9.93. The van der Waals surface area contributed by atoms with Crippen molar-refractivity contribution in [1.29, 1.82) is 0 Å². The van der Waals surface area contributed by atoms with Gasteiger partial charge < -0.3 is 0 Å². The van der Waals surface area contributed by atoms with Gasteiger partial charge in [-0.2, -0.15) is 0 Å². The molecule has 11 aromatic rings. The van der Waals surface area contributed by atoms with Gasteiger partial charge in [-0.15, -0.1) is 0 Å². The Bertz CT molecular complexity index is 5020. The van der Waals surface area contributed by atoms with Gasteiger partial charge in [0.15, 0.2) is 0 Å². The van der Waals surface area contributed by atoms with Crippen molar-refractivity contribution in [2.24, 2.45) is 0 Å². The monoisotopic (exact) mass is 1070 g/mol. The minimum atomic E-state index is -4.59. The molecule has 1 spiro atoms. The molecule has 0 aliphatic heterocycles. The number of hydrogen-bond acceptors (Lipinski definition) is 0. The van der Waals surface area contributed by atoms with Crippen molar-refractivity contribution >= 4 is 83.8 Å². The third kappa shape index (κ3) is 6.56. The first-order valence-electron chi connectivity index (χ1n) is 35.2. The molecule has 0 bridgehead atoms. The van der Waals surface area contributed by atoms with Crippen molar-refractivity contribution in [3.05, 3.63) is 289 Å². The molecule has 0 N–H and O–H groups in total. The van der Waals surface area contributed by atoms with Gasteiger partial charge in [0.05, 0.1) is 0 Å². The predicted octanol–water partition coefficient (Wildman–Crippen LogP) is 13.3. The summed E-state index contributed by atoms with van der Waals surface area (Å²) in [6.45, 7) is 0. The van der Waals surface area contributed by atoms with Gasteiger partial charge in [-0.05, 0) is 5.39 Å². The average Bonchev–Trinajstić information content (AvgIpc) is 1.53. The Morgan fingerprint density at radius 2 is 0.725 bits per heavy atom. The van der Waals surface area contributed by atoms with Crippen molar-refractivity contribution < 1.29 is 38.4 Å². The molecule has 326 valence electrons. The zero-order valence-electron chi connectivity index (χ0n) is 63.4. The first kappa shape index (κ1) is 22.6. The average molecular weight is 1070 g/mol. The molecule has 13 rings (SSSR count). The Morgan fingerprint density at radius 1 is 0.319 bits per heavy atom. The predicted molar refractivity (Wildman–Crippen MR) is 300 cm³/mol. The molecule has 69 heavy (non-hydrogen) atoms. The van der Waals surface area contributed by atoms with E-state index < -0.39 is 217 Å². The SMILES string of the molecule is [2H]c1c([2H])c([2H])c(P(=[Se])(c2c([2H])c([2H])c([2H])c([2H])c2[2H])c2c([2H])c([2H])c(-c3ccc4c(c3)C3(c5cc(-c6c([2H])c([2H])c(P(=[Se])(c7c([2H])c([2H])c([2H])c([2H])c7[2H])c7c([2H])c([2H])c([2H])c([2H])c7[2H])c([2H])c6[2H])ccc5-4)c4ccccc4-c4c3ccc3ccccc43)c([2H])c2[2H])c([2H])c1[2H]. The van der Waals surface area contributed by atoms with E-state index in [9.17, 15) is 21.9 Å². The van der Waals surface area contributed by atoms with Crippen LogP contribution >= 0.6 is 11.0 Å². The van der Waals surface area contributed by atoms with Gasteiger partial charge in [-0.25, -0.2) is 0 Å². The van der Waals surface area contributed by atoms with E-state index in [0.717, 1.165) is 21.9 Å². The van der Waals surface area contributed by atoms with E-state index in [2.05, 4.69) is 30.2 Å². The molecular formula is C65H44P2Se2. The maximum absolute atomic E-state index is 9.93. The van der Waals surface area contributed by atoms with Gasteiger partial charge >= 0.3 is 425 Å². The van der Waals surface area contributed by atoms with Crippen molar-refractivity contribution in [2.75, 3.05) is 0 Å². The number of rotatable bonds is 8. The van der Waals surface area contributed by atoms with Crippen LogP contribution in [0.3, 0.4) is 0 Å². The van der Waals surface area contributed by atoms with Crippen LogP contribution in [0.4, 0.5) is 0 Å². The van der Waals surface area contributed by atoms with Crippen LogP contribution in [0.2, 0.25) is 0 Å². The van der Waals surface area contributed by atoms with E-state index in [1.807, 2.05) is 60.7 Å². The van der Waals surface area contributed by atoms with E-state index in [-0.39, 0.29) is 22.3 Å². The Morgan fingerprint density at radius 3 is 1.19 bits per heavy atom. The molecule has 0 unspecified atom stereocenters. The summed E-state index contributed by atoms with van der Waals surface area (Å²) in [5.74, 6) is 0. The van der Waals surface area contributed by atoms with Crippen molar-refractivity contribution in [2.45, 2.75) is 5.41 Å². The molecule has 0 heterocycles. The zero-order chi connectivity index (χ0) is 70.5. The molecule has 4 heteroatoms. The quantitative estimate of drug-likeness (QED) is 0.105. The summed E-state index contributed by atoms with van der Waals surface area (Å²) < 4.78 is 256. The van der Waals surface area contributed by atoms with Crippen LogP contribution in [0.5, 0.6) is 0 Å². The third-order valence-corrected chi connectivity index (χ3v) is 24.7. The standard InChI is InChI=1S/C65H44P2Se2/c68-66(50-18-5-1-6-19-50,51-20-7-2-8-21-51)54-36-29-45(30-37-54)48-33-40-57-58-41-34-49(46-31-38-55(39-32-46)67(69,52-22-9-3-10-23-52)53-24-11-4-12-25-53)44-63(58)65(62(57)43-48)60-28-16-15-27-59(60)64-56-26-14-13-17-47(56)35-42-61(64)65/h1-44H/i1D,2D,3D,4D,5D,6D,7D,8D,9D,10D,11D,12D,18D,19D,20D,21D,22D,23D,24D,25D,29D,30D,31D,32D,36D,37D,38D,39D. The first-order valence-corrected chi connectivity index (χ1v) is 29.3. The van der Waals surface area contributed by atoms with E-state index >= 15 is 0 Å². The van der Waals surface area contributed by atoms with Crippen LogP contribution in [0.25, 0.3) is 55.3 Å². The van der Waals surface area contributed by atoms with Crippen molar-refractivity contribution in [3.8, 4) is 44.5 Å². The molecule has 0 nitrogen and oxygen atoms in total. The number of benzene rings is 11. The van der Waals surface area contributed by atoms with E-state index in [0.29, 0.717) is 33.4 Å². The molecule has 0 saturated carbocycles. The van der Waals surface area contributed by atoms with Gasteiger partial charge in [-0.1, -0.05) is 30.3 Å². The van der Waals surface area contributed by atoms with Gasteiger partial charge in [0.1, 0.15) is 0 Å². The molecule has 11 aromatic carbocycles. The van der Waals surface area contributed by atoms with E-state index in [1.165, 1.54) is 0 Å². The summed E-state index contributed by atoms with van der Waals surface area (Å²) in [6, 6.07) is 5.84. The van der Waals surface area contributed by atoms with Crippen molar-refractivity contribution in [3.63, 3.8) is 0 Å². The molecule has 0 amide bonds. The van der Waals surface area contributed by atoms with Gasteiger partial charge in [0, 0.05) is 0 Å². The van der Waals surface area contributed by atoms with Gasteiger partial charge in [0.2, 0.25) is 0 Å². The topological polar surface area (TPSA) is 0 Å². The van der Waals surface area contributed by atoms with Gasteiger partial charge in [-0.3, -0.25) is 0 Å². The number of hydrogen-bond donors (Lipinski definition) is 0. The second kappa shape index (κ2) is 16.9. The molecule has 0 radical (unpaired) electrons. The normalized spacial score (nSPS) is 18.8. The summed E-state index contributed by atoms with van der Waals surface area (Å²) in [7, 11) is 0. The second-order valence-corrected chi connectivity index (χ2v) is 28.1. The van der Waals surface area contributed by atoms with Crippen molar-refractivity contribution in [1.82, 2.24) is 0 Å². The fourth-order valence-electron chi connectivity index (χ4n) is 9.75. The summed E-state index contributed by atoms with van der Waals surface area (Å²) >= 11 is 5.57. The Balaban J connectivity index is 1.08. The van der Waals surface area contributed by atoms with E-state index in [1.54, 1.807) is 36.4 Å². The molecular weight excluding hydrogens is 1000 g/mol. The summed E-state index contributed by atoms with van der Waals surface area (Å²) in [5, 5.41) is -2.01. The van der Waals surface area contributed by atoms with Crippen LogP contribution in [0, 0.1) is 0 Å². The van der Waals surface area contributed by atoms with E-state index in [4.69, 9.17) is 16.4 Å². The molecule has 0 saturated heterocycles. The summed E-state index contributed by atoms with van der Waals surface area (Å²) in [6.07, 6.45) is 0. The first-order chi connectivity index (χ1) is 45.6. The summed E-state index contributed by atoms with van der Waals surface area (Å²) in [4.78, 5) is 0. The minimum absolute atomic E-state index is 0.118. The Kier molecular flexibility index (Phi) is 5.53. The second-order valence-electron chi connectivity index (χ2n) is 16.1. The fourth-order valence-corrected chi connectivity index (χ4v) is 17.1. The van der Waals surface area contributed by atoms with Crippen LogP contribution < -0.4 is 31.8 Å². The van der Waals surface area contributed by atoms with Crippen LogP contribution in [0.1, 0.15) is 60.6 Å². The molecule has 0 atom stereocenters. The molecule has 0 fully saturated rings. The molecule has 2 aliphatic rings. The molecule has 2 aliphatic carbocycles. The fraction of sp³-hybridized carbons (Fsp3) is 0.0154. The van der Waals surface area contributed by atoms with Crippen LogP contribution in [0.15, 0.2) is 266 Å². The van der Waals surface area contributed by atoms with Crippen LogP contribution in [-0.2, 0) is 5.41 Å².